The second-order valence-electron chi connectivity index (χ2n) is 7.80. The highest BCUT2D eigenvalue weighted by atomic mass is 16.5. The number of nitrogens with zero attached hydrogens (tertiary/aromatic N) is 3. The third-order valence-corrected chi connectivity index (χ3v) is 5.82. The number of carboxylic acid groups (broad SMARTS) is 1. The number of hydrogen-bond acceptors (Lipinski definition) is 5. The maximum Gasteiger partial charge on any atom is 0.339 e. The van der Waals surface area contributed by atoms with E-state index in [0.717, 1.165) is 38.0 Å². The fourth-order valence-electron chi connectivity index (χ4n) is 4.20. The Hall–Kier alpha value is -3.41. The molecule has 1 atom stereocenters. The molecular weight excluding hydrogens is 390 g/mol. The van der Waals surface area contributed by atoms with Crippen LogP contribution in [0, 0.1) is 0 Å². The van der Waals surface area contributed by atoms with Crippen molar-refractivity contribution in [2.24, 2.45) is 0 Å². The van der Waals surface area contributed by atoms with Gasteiger partial charge in [0.1, 0.15) is 5.75 Å². The standard InChI is InChI=1S/C25H27N3O3/c1-31-20-14-12-19(13-15-20)23-11-6-16-28(23)25-26-17-21(24(29)30)22(27-25)10-5-9-18-7-3-2-4-8-18/h2-4,7-8,12-15,17,23H,5-6,9-11,16H2,1H3,(H,29,30). The summed E-state index contributed by atoms with van der Waals surface area (Å²) in [4.78, 5) is 23.1. The Morgan fingerprint density at radius 2 is 1.90 bits per heavy atom. The molecule has 1 unspecified atom stereocenters. The van der Waals surface area contributed by atoms with E-state index in [2.05, 4.69) is 34.1 Å². The molecule has 0 saturated carbocycles. The smallest absolute Gasteiger partial charge is 0.339 e. The van der Waals surface area contributed by atoms with Gasteiger partial charge in [-0.2, -0.15) is 0 Å². The molecule has 0 radical (unpaired) electrons. The van der Waals surface area contributed by atoms with Crippen molar-refractivity contribution in [3.05, 3.63) is 83.2 Å². The van der Waals surface area contributed by atoms with Crippen LogP contribution < -0.4 is 9.64 Å². The van der Waals surface area contributed by atoms with E-state index in [1.54, 1.807) is 7.11 Å². The number of hydrogen-bond donors (Lipinski definition) is 1. The predicted molar refractivity (Wildman–Crippen MR) is 120 cm³/mol. The maximum atomic E-state index is 11.7. The summed E-state index contributed by atoms with van der Waals surface area (Å²) in [7, 11) is 1.66. The average Bonchev–Trinajstić information content (AvgIpc) is 3.29. The number of aromatic carboxylic acids is 1. The third-order valence-electron chi connectivity index (χ3n) is 5.82. The number of methoxy groups -OCH3 is 1. The fraction of sp³-hybridized carbons (Fsp3) is 0.320. The first-order valence-corrected chi connectivity index (χ1v) is 10.7. The Kier molecular flexibility index (Phi) is 6.46. The Bertz CT molecular complexity index is 1020. The molecular formula is C25H27N3O3. The van der Waals surface area contributed by atoms with Crippen molar-refractivity contribution in [3.63, 3.8) is 0 Å². The summed E-state index contributed by atoms with van der Waals surface area (Å²) < 4.78 is 5.27. The minimum Gasteiger partial charge on any atom is -0.497 e. The van der Waals surface area contributed by atoms with E-state index >= 15 is 0 Å². The molecule has 0 bridgehead atoms. The van der Waals surface area contributed by atoms with E-state index in [9.17, 15) is 9.90 Å². The molecule has 31 heavy (non-hydrogen) atoms. The van der Waals surface area contributed by atoms with Crippen molar-refractivity contribution in [1.29, 1.82) is 0 Å². The first-order valence-electron chi connectivity index (χ1n) is 10.7. The molecule has 6 nitrogen and oxygen atoms in total. The summed E-state index contributed by atoms with van der Waals surface area (Å²) in [6.45, 7) is 0.854. The summed E-state index contributed by atoms with van der Waals surface area (Å²) in [6.07, 6.45) is 5.85. The number of carbonyl (C=O) groups is 1. The number of rotatable bonds is 8. The zero-order valence-corrected chi connectivity index (χ0v) is 17.7. The van der Waals surface area contributed by atoms with Crippen LogP contribution in [0.15, 0.2) is 60.8 Å². The van der Waals surface area contributed by atoms with E-state index in [1.807, 2.05) is 30.3 Å². The average molecular weight is 418 g/mol. The molecule has 6 heteroatoms. The molecule has 0 aliphatic carbocycles. The molecule has 160 valence electrons. The van der Waals surface area contributed by atoms with Crippen LogP contribution in [0.3, 0.4) is 0 Å². The van der Waals surface area contributed by atoms with E-state index in [4.69, 9.17) is 9.72 Å². The van der Waals surface area contributed by atoms with Crippen LogP contribution in [-0.4, -0.2) is 34.7 Å². The molecule has 1 N–H and O–H groups in total. The molecule has 4 rings (SSSR count). The molecule has 0 spiro atoms. The van der Waals surface area contributed by atoms with Gasteiger partial charge in [-0.1, -0.05) is 42.5 Å². The fourth-order valence-corrected chi connectivity index (χ4v) is 4.20. The number of aryl methyl sites for hydroxylation is 2. The first kappa shape index (κ1) is 20.8. The quantitative estimate of drug-likeness (QED) is 0.573. The zero-order valence-electron chi connectivity index (χ0n) is 17.7. The SMILES string of the molecule is COc1ccc(C2CCCN2c2ncc(C(=O)O)c(CCCc3ccccc3)n2)cc1. The third kappa shape index (κ3) is 4.85. The molecule has 0 amide bonds. The van der Waals surface area contributed by atoms with Crippen LogP contribution in [-0.2, 0) is 12.8 Å². The summed E-state index contributed by atoms with van der Waals surface area (Å²) >= 11 is 0. The molecule has 1 aliphatic rings. The Labute approximate surface area is 182 Å². The lowest BCUT2D eigenvalue weighted by Gasteiger charge is -2.25. The number of aromatic nitrogens is 2. The van der Waals surface area contributed by atoms with Crippen LogP contribution in [0.5, 0.6) is 5.75 Å². The summed E-state index contributed by atoms with van der Waals surface area (Å²) in [5.41, 5.74) is 3.23. The Balaban J connectivity index is 1.54. The van der Waals surface area contributed by atoms with Crippen LogP contribution in [0.2, 0.25) is 0 Å². The maximum absolute atomic E-state index is 11.7. The van der Waals surface area contributed by atoms with Gasteiger partial charge in [0.25, 0.3) is 0 Å². The monoisotopic (exact) mass is 417 g/mol. The number of anilines is 1. The van der Waals surface area contributed by atoms with Crippen LogP contribution >= 0.6 is 0 Å². The molecule has 1 saturated heterocycles. The van der Waals surface area contributed by atoms with Crippen molar-refractivity contribution < 1.29 is 14.6 Å². The van der Waals surface area contributed by atoms with Crippen LogP contribution in [0.1, 0.15) is 52.5 Å². The van der Waals surface area contributed by atoms with Gasteiger partial charge >= 0.3 is 5.97 Å². The molecule has 1 fully saturated rings. The van der Waals surface area contributed by atoms with Crippen molar-refractivity contribution >= 4 is 11.9 Å². The van der Waals surface area contributed by atoms with Gasteiger partial charge in [-0.3, -0.25) is 0 Å². The van der Waals surface area contributed by atoms with Gasteiger partial charge in [-0.25, -0.2) is 14.8 Å². The minimum atomic E-state index is -0.977. The second-order valence-corrected chi connectivity index (χ2v) is 7.80. The lowest BCUT2D eigenvalue weighted by atomic mass is 10.0. The van der Waals surface area contributed by atoms with Crippen molar-refractivity contribution in [1.82, 2.24) is 9.97 Å². The van der Waals surface area contributed by atoms with Gasteiger partial charge in [-0.15, -0.1) is 0 Å². The summed E-state index contributed by atoms with van der Waals surface area (Å²) in [6, 6.07) is 18.5. The van der Waals surface area contributed by atoms with Crippen molar-refractivity contribution in [2.45, 2.75) is 38.1 Å². The van der Waals surface area contributed by atoms with Gasteiger partial charge in [-0.05, 0) is 55.4 Å². The number of benzene rings is 2. The summed E-state index contributed by atoms with van der Waals surface area (Å²) in [5.74, 6) is 0.462. The first-order chi connectivity index (χ1) is 15.2. The molecule has 2 heterocycles. The second kappa shape index (κ2) is 9.60. The highest BCUT2D eigenvalue weighted by molar-refractivity contribution is 5.88. The topological polar surface area (TPSA) is 75.5 Å². The number of ether oxygens (including phenoxy) is 1. The highest BCUT2D eigenvalue weighted by Gasteiger charge is 2.29. The summed E-state index contributed by atoms with van der Waals surface area (Å²) in [5, 5.41) is 9.61. The Morgan fingerprint density at radius 1 is 1.13 bits per heavy atom. The van der Waals surface area contributed by atoms with Crippen molar-refractivity contribution in [2.75, 3.05) is 18.6 Å². The van der Waals surface area contributed by atoms with Gasteiger partial charge in [0, 0.05) is 12.7 Å². The highest BCUT2D eigenvalue weighted by Crippen LogP contribution is 2.35. The minimum absolute atomic E-state index is 0.179. The lowest BCUT2D eigenvalue weighted by Crippen LogP contribution is -2.25. The Morgan fingerprint density at radius 3 is 2.61 bits per heavy atom. The molecule has 1 aromatic heterocycles. The molecule has 2 aromatic carbocycles. The van der Waals surface area contributed by atoms with Gasteiger partial charge in [0.15, 0.2) is 0 Å². The van der Waals surface area contributed by atoms with Gasteiger partial charge < -0.3 is 14.7 Å². The van der Waals surface area contributed by atoms with E-state index < -0.39 is 5.97 Å². The van der Waals surface area contributed by atoms with E-state index in [1.165, 1.54) is 17.3 Å². The predicted octanol–water partition coefficient (Wildman–Crippen LogP) is 4.70. The largest absolute Gasteiger partial charge is 0.497 e. The van der Waals surface area contributed by atoms with Crippen LogP contribution in [0.25, 0.3) is 0 Å². The van der Waals surface area contributed by atoms with Crippen molar-refractivity contribution in [3.8, 4) is 5.75 Å². The van der Waals surface area contributed by atoms with E-state index in [0.29, 0.717) is 18.1 Å². The van der Waals surface area contributed by atoms with Gasteiger partial charge in [0.2, 0.25) is 5.95 Å². The molecule has 1 aliphatic heterocycles. The normalized spacial score (nSPS) is 15.8. The number of carboxylic acids is 1. The zero-order chi connectivity index (χ0) is 21.6. The van der Waals surface area contributed by atoms with E-state index in [-0.39, 0.29) is 11.6 Å². The van der Waals surface area contributed by atoms with Gasteiger partial charge in [0.05, 0.1) is 24.4 Å². The lowest BCUT2D eigenvalue weighted by molar-refractivity contribution is 0.0694. The van der Waals surface area contributed by atoms with Crippen LogP contribution in [0.4, 0.5) is 5.95 Å². The molecule has 3 aromatic rings.